The summed E-state index contributed by atoms with van der Waals surface area (Å²) >= 11 is 0. The van der Waals surface area contributed by atoms with Gasteiger partial charge in [-0.15, -0.1) is 0 Å². The van der Waals surface area contributed by atoms with Gasteiger partial charge in [-0.05, 0) is 49.7 Å². The van der Waals surface area contributed by atoms with Crippen molar-refractivity contribution in [3.05, 3.63) is 71.7 Å². The molecule has 0 aliphatic carbocycles. The molecular formula is C21H23N5O. The molecule has 0 radical (unpaired) electrons. The van der Waals surface area contributed by atoms with E-state index in [1.165, 1.54) is 5.56 Å². The molecule has 6 heteroatoms. The Labute approximate surface area is 159 Å². The zero-order valence-corrected chi connectivity index (χ0v) is 15.7. The number of hydrogen-bond donors (Lipinski definition) is 0. The Bertz CT molecular complexity index is 942. The highest BCUT2D eigenvalue weighted by Gasteiger charge is 2.26. The fourth-order valence-corrected chi connectivity index (χ4v) is 3.41. The number of benzene rings is 1. The molecule has 4 rings (SSSR count). The standard InChI is InChI=1S/C21H23N5O/c1-16-8-9-22-20(14-16)24-10-12-25(13-11-24)21(27)19-15-17(2)23-26(19)18-6-4-3-5-7-18/h3-9,14-15H,10-13H2,1-2H3. The molecule has 0 spiro atoms. The number of amides is 1. The summed E-state index contributed by atoms with van der Waals surface area (Å²) in [4.78, 5) is 21.7. The largest absolute Gasteiger partial charge is 0.353 e. The van der Waals surface area contributed by atoms with Crippen LogP contribution in [0.4, 0.5) is 5.82 Å². The maximum absolute atomic E-state index is 13.1. The third-order valence-corrected chi connectivity index (χ3v) is 4.84. The Morgan fingerprint density at radius 3 is 2.41 bits per heavy atom. The molecular weight excluding hydrogens is 338 g/mol. The highest BCUT2D eigenvalue weighted by atomic mass is 16.2. The summed E-state index contributed by atoms with van der Waals surface area (Å²) in [5.41, 5.74) is 3.54. The van der Waals surface area contributed by atoms with Crippen LogP contribution in [0.5, 0.6) is 0 Å². The zero-order chi connectivity index (χ0) is 18.8. The van der Waals surface area contributed by atoms with E-state index in [0.29, 0.717) is 18.8 Å². The molecule has 0 N–H and O–H groups in total. The van der Waals surface area contributed by atoms with E-state index in [4.69, 9.17) is 0 Å². The van der Waals surface area contributed by atoms with Gasteiger partial charge in [-0.25, -0.2) is 9.67 Å². The zero-order valence-electron chi connectivity index (χ0n) is 15.7. The summed E-state index contributed by atoms with van der Waals surface area (Å²) in [5, 5.41) is 4.52. The van der Waals surface area contributed by atoms with E-state index >= 15 is 0 Å². The number of piperazine rings is 1. The normalized spacial score (nSPS) is 14.4. The predicted octanol–water partition coefficient (Wildman–Crippen LogP) is 2.85. The summed E-state index contributed by atoms with van der Waals surface area (Å²) in [7, 11) is 0. The van der Waals surface area contributed by atoms with Crippen LogP contribution in [0.15, 0.2) is 54.7 Å². The van der Waals surface area contributed by atoms with Crippen molar-refractivity contribution in [1.82, 2.24) is 19.7 Å². The Morgan fingerprint density at radius 2 is 1.70 bits per heavy atom. The van der Waals surface area contributed by atoms with Gasteiger partial charge >= 0.3 is 0 Å². The summed E-state index contributed by atoms with van der Waals surface area (Å²) < 4.78 is 1.74. The lowest BCUT2D eigenvalue weighted by molar-refractivity contribution is 0.0737. The number of para-hydroxylation sites is 1. The number of pyridine rings is 1. The van der Waals surface area contributed by atoms with Crippen molar-refractivity contribution >= 4 is 11.7 Å². The van der Waals surface area contributed by atoms with Crippen molar-refractivity contribution in [2.75, 3.05) is 31.1 Å². The fourth-order valence-electron chi connectivity index (χ4n) is 3.41. The van der Waals surface area contributed by atoms with Crippen LogP contribution >= 0.6 is 0 Å². The lowest BCUT2D eigenvalue weighted by atomic mass is 10.2. The number of hydrogen-bond acceptors (Lipinski definition) is 4. The minimum absolute atomic E-state index is 0.0244. The van der Waals surface area contributed by atoms with Crippen LogP contribution in [-0.2, 0) is 0 Å². The van der Waals surface area contributed by atoms with Crippen LogP contribution < -0.4 is 4.90 Å². The summed E-state index contributed by atoms with van der Waals surface area (Å²) in [6.07, 6.45) is 1.84. The minimum atomic E-state index is 0.0244. The SMILES string of the molecule is Cc1ccnc(N2CCN(C(=O)c3cc(C)nn3-c3ccccc3)CC2)c1. The Morgan fingerprint density at radius 1 is 0.963 bits per heavy atom. The molecule has 3 heterocycles. The molecule has 6 nitrogen and oxygen atoms in total. The quantitative estimate of drug-likeness (QED) is 0.720. The Balaban J connectivity index is 1.51. The predicted molar refractivity (Wildman–Crippen MR) is 105 cm³/mol. The van der Waals surface area contributed by atoms with E-state index < -0.39 is 0 Å². The van der Waals surface area contributed by atoms with Crippen LogP contribution in [0.2, 0.25) is 0 Å². The van der Waals surface area contributed by atoms with E-state index in [1.54, 1.807) is 4.68 Å². The van der Waals surface area contributed by atoms with E-state index in [1.807, 2.05) is 60.5 Å². The number of nitrogens with zero attached hydrogens (tertiary/aromatic N) is 5. The molecule has 1 aromatic carbocycles. The second-order valence-corrected chi connectivity index (χ2v) is 6.89. The van der Waals surface area contributed by atoms with Crippen molar-refractivity contribution in [3.63, 3.8) is 0 Å². The van der Waals surface area contributed by atoms with Gasteiger partial charge < -0.3 is 9.80 Å². The maximum Gasteiger partial charge on any atom is 0.272 e. The van der Waals surface area contributed by atoms with Gasteiger partial charge in [0.25, 0.3) is 5.91 Å². The van der Waals surface area contributed by atoms with Gasteiger partial charge in [0.2, 0.25) is 0 Å². The van der Waals surface area contributed by atoms with E-state index in [-0.39, 0.29) is 5.91 Å². The molecule has 1 amide bonds. The van der Waals surface area contributed by atoms with Crippen molar-refractivity contribution in [3.8, 4) is 5.69 Å². The molecule has 1 aliphatic rings. The van der Waals surface area contributed by atoms with Gasteiger partial charge in [-0.1, -0.05) is 18.2 Å². The molecule has 3 aromatic rings. The number of carbonyl (C=O) groups is 1. The molecule has 0 bridgehead atoms. The van der Waals surface area contributed by atoms with Crippen molar-refractivity contribution in [1.29, 1.82) is 0 Å². The molecule has 138 valence electrons. The monoisotopic (exact) mass is 361 g/mol. The van der Waals surface area contributed by atoms with Crippen LogP contribution in [0, 0.1) is 13.8 Å². The van der Waals surface area contributed by atoms with E-state index in [0.717, 1.165) is 30.3 Å². The van der Waals surface area contributed by atoms with Gasteiger partial charge in [0, 0.05) is 32.4 Å². The molecule has 1 saturated heterocycles. The lowest BCUT2D eigenvalue weighted by Crippen LogP contribution is -2.49. The highest BCUT2D eigenvalue weighted by molar-refractivity contribution is 5.93. The molecule has 2 aromatic heterocycles. The van der Waals surface area contributed by atoms with E-state index in [9.17, 15) is 4.79 Å². The topological polar surface area (TPSA) is 54.3 Å². The van der Waals surface area contributed by atoms with Crippen molar-refractivity contribution in [2.45, 2.75) is 13.8 Å². The first-order chi connectivity index (χ1) is 13.1. The molecule has 0 unspecified atom stereocenters. The fraction of sp³-hybridized carbons (Fsp3) is 0.286. The molecule has 1 aliphatic heterocycles. The third-order valence-electron chi connectivity index (χ3n) is 4.84. The maximum atomic E-state index is 13.1. The average molecular weight is 361 g/mol. The highest BCUT2D eigenvalue weighted by Crippen LogP contribution is 2.18. The second kappa shape index (κ2) is 7.23. The van der Waals surface area contributed by atoms with Gasteiger partial charge in [-0.3, -0.25) is 4.79 Å². The number of anilines is 1. The first-order valence-corrected chi connectivity index (χ1v) is 9.21. The lowest BCUT2D eigenvalue weighted by Gasteiger charge is -2.35. The average Bonchev–Trinajstić information content (AvgIpc) is 3.10. The van der Waals surface area contributed by atoms with Crippen molar-refractivity contribution in [2.24, 2.45) is 0 Å². The first kappa shape index (κ1) is 17.3. The van der Waals surface area contributed by atoms with Crippen LogP contribution in [0.1, 0.15) is 21.7 Å². The smallest absolute Gasteiger partial charge is 0.272 e. The number of rotatable bonds is 3. The molecule has 0 saturated carbocycles. The molecule has 0 atom stereocenters. The Kier molecular flexibility index (Phi) is 4.62. The minimum Gasteiger partial charge on any atom is -0.353 e. The number of aryl methyl sites for hydroxylation is 2. The molecule has 1 fully saturated rings. The van der Waals surface area contributed by atoms with Gasteiger partial charge in [-0.2, -0.15) is 5.10 Å². The van der Waals surface area contributed by atoms with Crippen molar-refractivity contribution < 1.29 is 4.79 Å². The molecule has 27 heavy (non-hydrogen) atoms. The first-order valence-electron chi connectivity index (χ1n) is 9.21. The summed E-state index contributed by atoms with van der Waals surface area (Å²) in [6.45, 7) is 6.89. The summed E-state index contributed by atoms with van der Waals surface area (Å²) in [6, 6.07) is 15.7. The van der Waals surface area contributed by atoms with Crippen LogP contribution in [-0.4, -0.2) is 51.8 Å². The number of aromatic nitrogens is 3. The van der Waals surface area contributed by atoms with Gasteiger partial charge in [0.1, 0.15) is 11.5 Å². The van der Waals surface area contributed by atoms with Gasteiger partial charge in [0.15, 0.2) is 0 Å². The third kappa shape index (κ3) is 3.56. The number of carbonyl (C=O) groups excluding carboxylic acids is 1. The van der Waals surface area contributed by atoms with E-state index in [2.05, 4.69) is 28.0 Å². The second-order valence-electron chi connectivity index (χ2n) is 6.89. The van der Waals surface area contributed by atoms with Gasteiger partial charge in [0.05, 0.1) is 11.4 Å². The Hall–Kier alpha value is -3.15. The van der Waals surface area contributed by atoms with Crippen LogP contribution in [0.25, 0.3) is 5.69 Å². The van der Waals surface area contributed by atoms with Crippen LogP contribution in [0.3, 0.4) is 0 Å². The summed E-state index contributed by atoms with van der Waals surface area (Å²) in [5.74, 6) is 1.00.